The molecule has 2 aliphatic rings. The van der Waals surface area contributed by atoms with Gasteiger partial charge in [-0.05, 0) is 57.0 Å². The first-order valence-electron chi connectivity index (χ1n) is 12.0. The minimum absolute atomic E-state index is 0.0149. The predicted molar refractivity (Wildman–Crippen MR) is 141 cm³/mol. The van der Waals surface area contributed by atoms with Gasteiger partial charge in [-0.15, -0.1) is 0 Å². The first kappa shape index (κ1) is 23.3. The molecule has 0 N–H and O–H groups in total. The van der Waals surface area contributed by atoms with E-state index >= 15 is 0 Å². The number of rotatable bonds is 3. The van der Waals surface area contributed by atoms with Gasteiger partial charge in [-0.1, -0.05) is 29.5 Å². The molecule has 1 spiro atoms. The van der Waals surface area contributed by atoms with Crippen LogP contribution in [-0.4, -0.2) is 29.1 Å². The molecule has 4 aromatic rings. The van der Waals surface area contributed by atoms with Crippen LogP contribution in [0.2, 0.25) is 0 Å². The fraction of sp³-hybridized carbons (Fsp3) is 0.250. The molecule has 0 saturated heterocycles. The average Bonchev–Trinajstić information content (AvgIpc) is 3.45. The maximum absolute atomic E-state index is 14.4. The van der Waals surface area contributed by atoms with Gasteiger partial charge in [0, 0.05) is 19.0 Å². The maximum Gasteiger partial charge on any atom is 0.297 e. The quantitative estimate of drug-likeness (QED) is 0.370. The zero-order valence-corrected chi connectivity index (χ0v) is 21.8. The average molecular weight is 514 g/mol. The van der Waals surface area contributed by atoms with E-state index in [2.05, 4.69) is 4.98 Å². The molecule has 0 radical (unpaired) electrons. The number of hydrogen-bond donors (Lipinski definition) is 0. The molecule has 0 saturated carbocycles. The molecule has 1 atom stereocenters. The van der Waals surface area contributed by atoms with Gasteiger partial charge in [0.25, 0.3) is 11.8 Å². The van der Waals surface area contributed by atoms with Gasteiger partial charge in [0.1, 0.15) is 5.58 Å². The normalized spacial score (nSPS) is 18.3. The number of fused-ring (bicyclic) bond motifs is 5. The van der Waals surface area contributed by atoms with E-state index in [0.29, 0.717) is 33.8 Å². The van der Waals surface area contributed by atoms with Crippen LogP contribution in [0.1, 0.15) is 62.0 Å². The van der Waals surface area contributed by atoms with E-state index < -0.39 is 22.8 Å². The summed E-state index contributed by atoms with van der Waals surface area (Å²) in [6.45, 7) is 9.08. The Kier molecular flexibility index (Phi) is 4.84. The minimum atomic E-state index is -1.80. The van der Waals surface area contributed by atoms with Crippen molar-refractivity contribution in [1.82, 2.24) is 4.98 Å². The molecule has 0 aliphatic carbocycles. The first-order valence-corrected chi connectivity index (χ1v) is 12.8. The SMILES string of the molecule is CCN1C(=O)C2(c3ccccc31)c1c(oc3cc(C)c(C)cc3c1=O)C(=O)N2c1nc(C)c(C(C)=O)s1. The van der Waals surface area contributed by atoms with Crippen LogP contribution < -0.4 is 15.2 Å². The molecule has 8 nitrogen and oxygen atoms in total. The number of likely N-dealkylation sites (N-methyl/N-ethyl adjacent to an activating group) is 1. The third-order valence-electron chi connectivity index (χ3n) is 7.35. The number of aryl methyl sites for hydroxylation is 3. The number of amides is 2. The zero-order chi connectivity index (χ0) is 26.4. The number of ketones is 1. The van der Waals surface area contributed by atoms with E-state index in [4.69, 9.17) is 4.42 Å². The molecule has 4 heterocycles. The summed E-state index contributed by atoms with van der Waals surface area (Å²) in [5, 5.41) is 0.465. The van der Waals surface area contributed by atoms with Crippen molar-refractivity contribution < 1.29 is 18.8 Å². The van der Waals surface area contributed by atoms with Crippen molar-refractivity contribution in [2.24, 2.45) is 0 Å². The summed E-state index contributed by atoms with van der Waals surface area (Å²) in [6.07, 6.45) is 0. The first-order chi connectivity index (χ1) is 17.6. The number of thiazole rings is 1. The number of aromatic nitrogens is 1. The van der Waals surface area contributed by atoms with Gasteiger partial charge in [0.05, 0.1) is 27.2 Å². The van der Waals surface area contributed by atoms with E-state index in [1.165, 1.54) is 11.8 Å². The third-order valence-corrected chi connectivity index (χ3v) is 8.60. The van der Waals surface area contributed by atoms with Crippen LogP contribution in [0.5, 0.6) is 0 Å². The Hall–Kier alpha value is -4.11. The lowest BCUT2D eigenvalue weighted by Gasteiger charge is -2.32. The van der Waals surface area contributed by atoms with Gasteiger partial charge in [-0.25, -0.2) is 4.98 Å². The number of carbonyl (C=O) groups is 3. The van der Waals surface area contributed by atoms with Crippen LogP contribution in [0.3, 0.4) is 0 Å². The molecular formula is C28H23N3O5S. The Bertz CT molecular complexity index is 1770. The van der Waals surface area contributed by atoms with Crippen LogP contribution >= 0.6 is 11.3 Å². The predicted octanol–water partition coefficient (Wildman–Crippen LogP) is 4.65. The summed E-state index contributed by atoms with van der Waals surface area (Å²) >= 11 is 1.03. The Morgan fingerprint density at radius 1 is 1.08 bits per heavy atom. The highest BCUT2D eigenvalue weighted by atomic mass is 32.1. The second kappa shape index (κ2) is 7.69. The van der Waals surface area contributed by atoms with Gasteiger partial charge in [-0.3, -0.25) is 24.1 Å². The van der Waals surface area contributed by atoms with Crippen LogP contribution in [0.15, 0.2) is 45.6 Å². The molecule has 1 unspecified atom stereocenters. The van der Waals surface area contributed by atoms with Crippen molar-refractivity contribution in [1.29, 1.82) is 0 Å². The summed E-state index contributed by atoms with van der Waals surface area (Å²) in [5.74, 6) is -1.45. The molecular weight excluding hydrogens is 490 g/mol. The second-order valence-corrected chi connectivity index (χ2v) is 10.4. The zero-order valence-electron chi connectivity index (χ0n) is 21.0. The molecule has 2 amide bonds. The number of carbonyl (C=O) groups excluding carboxylic acids is 3. The molecule has 9 heteroatoms. The Balaban J connectivity index is 1.78. The molecule has 2 aromatic carbocycles. The molecule has 0 bridgehead atoms. The summed E-state index contributed by atoms with van der Waals surface area (Å²) in [5.41, 5.74) is 1.40. The van der Waals surface area contributed by atoms with Gasteiger partial charge in [-0.2, -0.15) is 0 Å². The van der Waals surface area contributed by atoms with E-state index in [1.54, 1.807) is 42.2 Å². The third kappa shape index (κ3) is 2.80. The molecule has 6 rings (SSSR count). The van der Waals surface area contributed by atoms with Crippen LogP contribution in [0.4, 0.5) is 10.8 Å². The van der Waals surface area contributed by atoms with Crippen LogP contribution in [0, 0.1) is 20.8 Å². The highest BCUT2D eigenvalue weighted by Gasteiger charge is 2.66. The summed E-state index contributed by atoms with van der Waals surface area (Å²) in [7, 11) is 0. The van der Waals surface area contributed by atoms with Gasteiger partial charge in [0.2, 0.25) is 5.76 Å². The number of nitrogens with zero attached hydrogens (tertiary/aromatic N) is 3. The fourth-order valence-electron chi connectivity index (χ4n) is 5.54. The Labute approximate surface area is 216 Å². The van der Waals surface area contributed by atoms with Crippen LogP contribution in [-0.2, 0) is 10.3 Å². The molecule has 186 valence electrons. The highest BCUT2D eigenvalue weighted by Crippen LogP contribution is 2.54. The van der Waals surface area contributed by atoms with Crippen molar-refractivity contribution in [2.45, 2.75) is 40.2 Å². The van der Waals surface area contributed by atoms with Crippen molar-refractivity contribution in [3.63, 3.8) is 0 Å². The van der Waals surface area contributed by atoms with Crippen molar-refractivity contribution in [3.05, 3.63) is 85.2 Å². The van der Waals surface area contributed by atoms with E-state index in [0.717, 1.165) is 22.5 Å². The minimum Gasteiger partial charge on any atom is -0.450 e. The Morgan fingerprint density at radius 2 is 1.78 bits per heavy atom. The molecule has 37 heavy (non-hydrogen) atoms. The van der Waals surface area contributed by atoms with Gasteiger partial charge >= 0.3 is 0 Å². The lowest BCUT2D eigenvalue weighted by Crippen LogP contribution is -2.53. The fourth-order valence-corrected chi connectivity index (χ4v) is 6.55. The number of para-hydroxylation sites is 1. The lowest BCUT2D eigenvalue weighted by atomic mass is 9.84. The molecule has 2 aliphatic heterocycles. The summed E-state index contributed by atoms with van der Waals surface area (Å²) in [6, 6.07) is 10.6. The molecule has 0 fully saturated rings. The number of anilines is 2. The van der Waals surface area contributed by atoms with Crippen molar-refractivity contribution in [3.8, 4) is 0 Å². The highest BCUT2D eigenvalue weighted by molar-refractivity contribution is 7.17. The number of benzene rings is 2. The summed E-state index contributed by atoms with van der Waals surface area (Å²) < 4.78 is 6.14. The van der Waals surface area contributed by atoms with Crippen LogP contribution in [0.25, 0.3) is 11.0 Å². The molecule has 2 aromatic heterocycles. The van der Waals surface area contributed by atoms with E-state index in [-0.39, 0.29) is 27.8 Å². The summed E-state index contributed by atoms with van der Waals surface area (Å²) in [4.78, 5) is 62.8. The standard InChI is InChI=1S/C28H23N3O5S/c1-6-30-19-10-8-7-9-18(19)28(26(30)35)21-22(33)17-11-13(2)14(3)12-20(17)36-23(21)25(34)31(28)27-29-15(4)24(37-27)16(5)32/h7-12H,6H2,1-5H3. The van der Waals surface area contributed by atoms with Gasteiger partial charge < -0.3 is 9.32 Å². The van der Waals surface area contributed by atoms with Gasteiger partial charge in [0.15, 0.2) is 21.9 Å². The largest absolute Gasteiger partial charge is 0.450 e. The second-order valence-electron chi connectivity index (χ2n) is 9.45. The van der Waals surface area contributed by atoms with E-state index in [1.807, 2.05) is 26.8 Å². The number of Topliss-reactive ketones (excluding diaryl/α,β-unsaturated/α-hetero) is 1. The number of hydrogen-bond acceptors (Lipinski definition) is 7. The van der Waals surface area contributed by atoms with Crippen molar-refractivity contribution in [2.75, 3.05) is 16.3 Å². The maximum atomic E-state index is 14.4. The monoisotopic (exact) mass is 513 g/mol. The topological polar surface area (TPSA) is 101 Å². The smallest absolute Gasteiger partial charge is 0.297 e. The van der Waals surface area contributed by atoms with Crippen molar-refractivity contribution >= 4 is 50.7 Å². The Morgan fingerprint density at radius 3 is 2.46 bits per heavy atom. The lowest BCUT2D eigenvalue weighted by molar-refractivity contribution is -0.121. The van der Waals surface area contributed by atoms with E-state index in [9.17, 15) is 19.2 Å².